The number of carbonyl (C=O) groups is 1. The van der Waals surface area contributed by atoms with E-state index in [9.17, 15) is 4.79 Å². The molecular formula is C8H8O2. The molecule has 0 amide bonds. The number of hydrogen-bond donors (Lipinski definition) is 0. The van der Waals surface area contributed by atoms with E-state index in [4.69, 9.17) is 4.74 Å². The van der Waals surface area contributed by atoms with Gasteiger partial charge >= 0.3 is 0 Å². The summed E-state index contributed by atoms with van der Waals surface area (Å²) in [5.41, 5.74) is 0. The number of ketones is 1. The van der Waals surface area contributed by atoms with Crippen LogP contribution >= 0.6 is 0 Å². The van der Waals surface area contributed by atoms with Crippen molar-refractivity contribution >= 4 is 5.78 Å². The van der Waals surface area contributed by atoms with Crippen LogP contribution in [0.5, 0.6) is 0 Å². The lowest BCUT2D eigenvalue weighted by Gasteiger charge is -2.25. The Balaban J connectivity index is 2.30. The Morgan fingerprint density at radius 3 is 3.20 bits per heavy atom. The zero-order valence-corrected chi connectivity index (χ0v) is 5.49. The van der Waals surface area contributed by atoms with E-state index in [-0.39, 0.29) is 18.0 Å². The molecule has 2 bridgehead atoms. The lowest BCUT2D eigenvalue weighted by Crippen LogP contribution is -2.32. The summed E-state index contributed by atoms with van der Waals surface area (Å²) in [5.74, 6) is 0.0978. The molecule has 2 atom stereocenters. The Hall–Kier alpha value is -0.890. The maximum atomic E-state index is 11.0. The van der Waals surface area contributed by atoms with Crippen molar-refractivity contribution in [3.05, 3.63) is 24.3 Å². The number of carbonyl (C=O) groups excluding carboxylic acids is 1. The third kappa shape index (κ3) is 0.809. The standard InChI is InChI=1S/C8H8O2/c9-7-5-4-6-2-1-3-8(7)10-6/h1-2,4-6,8H,3H2. The van der Waals surface area contributed by atoms with Crippen molar-refractivity contribution in [2.75, 3.05) is 0 Å². The van der Waals surface area contributed by atoms with E-state index in [1.807, 2.05) is 12.2 Å². The minimum Gasteiger partial charge on any atom is -0.358 e. The predicted octanol–water partition coefficient (Wildman–Crippen LogP) is 0.839. The van der Waals surface area contributed by atoms with Crippen LogP contribution in [-0.2, 0) is 9.53 Å². The van der Waals surface area contributed by atoms with Crippen LogP contribution in [0.15, 0.2) is 24.3 Å². The van der Waals surface area contributed by atoms with Gasteiger partial charge in [-0.3, -0.25) is 4.79 Å². The fourth-order valence-electron chi connectivity index (χ4n) is 1.22. The molecule has 0 saturated heterocycles. The second-order valence-corrected chi connectivity index (χ2v) is 2.51. The molecule has 2 aliphatic heterocycles. The third-order valence-electron chi connectivity index (χ3n) is 1.76. The van der Waals surface area contributed by atoms with Crippen molar-refractivity contribution in [3.63, 3.8) is 0 Å². The molecule has 0 aromatic rings. The molecule has 2 nitrogen and oxygen atoms in total. The van der Waals surface area contributed by atoms with Crippen LogP contribution in [0, 0.1) is 0 Å². The Morgan fingerprint density at radius 1 is 1.50 bits per heavy atom. The van der Waals surface area contributed by atoms with Gasteiger partial charge in [0.2, 0.25) is 0 Å². The normalized spacial score (nSPS) is 36.6. The van der Waals surface area contributed by atoms with Gasteiger partial charge in [-0.25, -0.2) is 0 Å². The van der Waals surface area contributed by atoms with Gasteiger partial charge < -0.3 is 4.74 Å². The molecule has 0 aromatic heterocycles. The van der Waals surface area contributed by atoms with Gasteiger partial charge in [0, 0.05) is 0 Å². The Bertz CT molecular complexity index is 215. The maximum Gasteiger partial charge on any atom is 0.184 e. The van der Waals surface area contributed by atoms with Crippen LogP contribution in [0.4, 0.5) is 0 Å². The zero-order valence-electron chi connectivity index (χ0n) is 5.49. The molecule has 0 spiro atoms. The maximum absolute atomic E-state index is 11.0. The Labute approximate surface area is 59.2 Å². The topological polar surface area (TPSA) is 26.3 Å². The molecule has 10 heavy (non-hydrogen) atoms. The summed E-state index contributed by atoms with van der Waals surface area (Å²) in [6.45, 7) is 0. The predicted molar refractivity (Wildman–Crippen MR) is 36.6 cm³/mol. The lowest BCUT2D eigenvalue weighted by molar-refractivity contribution is -0.128. The molecule has 2 aliphatic rings. The summed E-state index contributed by atoms with van der Waals surface area (Å²) in [5, 5.41) is 0. The number of fused-ring (bicyclic) bond motifs is 2. The highest BCUT2D eigenvalue weighted by Gasteiger charge is 2.25. The zero-order chi connectivity index (χ0) is 6.97. The largest absolute Gasteiger partial charge is 0.358 e. The lowest BCUT2D eigenvalue weighted by atomic mass is 10.0. The molecule has 0 saturated carbocycles. The minimum absolute atomic E-state index is 0.0523. The molecule has 2 heterocycles. The van der Waals surface area contributed by atoms with Crippen molar-refractivity contribution in [2.45, 2.75) is 18.6 Å². The number of hydrogen-bond acceptors (Lipinski definition) is 2. The first kappa shape index (κ1) is 5.86. The van der Waals surface area contributed by atoms with Crippen LogP contribution in [0.3, 0.4) is 0 Å². The van der Waals surface area contributed by atoms with Crippen molar-refractivity contribution in [3.8, 4) is 0 Å². The molecule has 2 unspecified atom stereocenters. The molecule has 52 valence electrons. The van der Waals surface area contributed by atoms with Crippen LogP contribution in [0.1, 0.15) is 6.42 Å². The van der Waals surface area contributed by atoms with Gasteiger partial charge in [0.05, 0.1) is 6.10 Å². The summed E-state index contributed by atoms with van der Waals surface area (Å²) in [4.78, 5) is 11.0. The van der Waals surface area contributed by atoms with Gasteiger partial charge in [-0.15, -0.1) is 0 Å². The van der Waals surface area contributed by atoms with Crippen molar-refractivity contribution < 1.29 is 9.53 Å². The van der Waals surface area contributed by atoms with E-state index >= 15 is 0 Å². The summed E-state index contributed by atoms with van der Waals surface area (Å²) >= 11 is 0. The van der Waals surface area contributed by atoms with Crippen LogP contribution in [0.25, 0.3) is 0 Å². The van der Waals surface area contributed by atoms with Crippen molar-refractivity contribution in [1.82, 2.24) is 0 Å². The van der Waals surface area contributed by atoms with Gasteiger partial charge in [-0.2, -0.15) is 0 Å². The van der Waals surface area contributed by atoms with Gasteiger partial charge in [-0.05, 0) is 18.6 Å². The molecule has 0 N–H and O–H groups in total. The molecular weight excluding hydrogens is 128 g/mol. The van der Waals surface area contributed by atoms with Gasteiger partial charge in [0.1, 0.15) is 6.10 Å². The van der Waals surface area contributed by atoms with Crippen molar-refractivity contribution in [2.24, 2.45) is 0 Å². The summed E-state index contributed by atoms with van der Waals surface area (Å²) in [6, 6.07) is 0. The first-order valence-electron chi connectivity index (χ1n) is 3.40. The average molecular weight is 136 g/mol. The molecule has 0 fully saturated rings. The highest BCUT2D eigenvalue weighted by atomic mass is 16.5. The van der Waals surface area contributed by atoms with E-state index in [0.29, 0.717) is 0 Å². The molecule has 2 heteroatoms. The smallest absolute Gasteiger partial charge is 0.184 e. The fraction of sp³-hybridized carbons (Fsp3) is 0.375. The Kier molecular flexibility index (Phi) is 1.21. The molecule has 0 aliphatic carbocycles. The third-order valence-corrected chi connectivity index (χ3v) is 1.76. The summed E-state index contributed by atoms with van der Waals surface area (Å²) in [7, 11) is 0. The van der Waals surface area contributed by atoms with Crippen LogP contribution in [0.2, 0.25) is 0 Å². The fourth-order valence-corrected chi connectivity index (χ4v) is 1.22. The first-order chi connectivity index (χ1) is 4.86. The average Bonchev–Trinajstić information content (AvgIpc) is 1.99. The molecule has 2 rings (SSSR count). The van der Waals surface area contributed by atoms with Crippen LogP contribution in [-0.4, -0.2) is 18.0 Å². The Morgan fingerprint density at radius 2 is 2.40 bits per heavy atom. The highest BCUT2D eigenvalue weighted by molar-refractivity contribution is 5.94. The number of ether oxygens (including phenoxy) is 1. The number of rotatable bonds is 0. The van der Waals surface area contributed by atoms with E-state index in [1.165, 1.54) is 0 Å². The van der Waals surface area contributed by atoms with E-state index in [2.05, 4.69) is 0 Å². The first-order valence-corrected chi connectivity index (χ1v) is 3.40. The molecule has 0 radical (unpaired) electrons. The van der Waals surface area contributed by atoms with E-state index in [1.54, 1.807) is 12.2 Å². The summed E-state index contributed by atoms with van der Waals surface area (Å²) < 4.78 is 5.31. The quantitative estimate of drug-likeness (QED) is 0.461. The van der Waals surface area contributed by atoms with Gasteiger partial charge in [0.15, 0.2) is 5.78 Å². The van der Waals surface area contributed by atoms with E-state index in [0.717, 1.165) is 6.42 Å². The monoisotopic (exact) mass is 136 g/mol. The van der Waals surface area contributed by atoms with Crippen molar-refractivity contribution in [1.29, 1.82) is 0 Å². The van der Waals surface area contributed by atoms with E-state index < -0.39 is 0 Å². The van der Waals surface area contributed by atoms with Crippen LogP contribution < -0.4 is 0 Å². The second-order valence-electron chi connectivity index (χ2n) is 2.51. The SMILES string of the molecule is O=C1C=CC2C=CCC1O2. The molecule has 0 aromatic carbocycles. The van der Waals surface area contributed by atoms with Gasteiger partial charge in [-0.1, -0.05) is 12.2 Å². The highest BCUT2D eigenvalue weighted by Crippen LogP contribution is 2.18. The summed E-state index contributed by atoms with van der Waals surface area (Å²) in [6.07, 6.45) is 7.97. The minimum atomic E-state index is -0.194. The van der Waals surface area contributed by atoms with Gasteiger partial charge in [0.25, 0.3) is 0 Å². The second kappa shape index (κ2) is 2.06.